The first-order valence-electron chi connectivity index (χ1n) is 8.26. The van der Waals surface area contributed by atoms with E-state index in [0.717, 1.165) is 12.1 Å². The molecule has 0 fully saturated rings. The number of nitrogens with two attached hydrogens (primary N) is 1. The lowest BCUT2D eigenvalue weighted by Gasteiger charge is -2.11. The summed E-state index contributed by atoms with van der Waals surface area (Å²) in [5.41, 5.74) is 3.90. The van der Waals surface area contributed by atoms with Crippen molar-refractivity contribution in [3.8, 4) is 11.5 Å². The van der Waals surface area contributed by atoms with Crippen LogP contribution in [0.2, 0.25) is 0 Å². The monoisotopic (exact) mass is 519 g/mol. The van der Waals surface area contributed by atoms with Crippen molar-refractivity contribution in [2.24, 2.45) is 10.2 Å². The van der Waals surface area contributed by atoms with E-state index in [1.54, 1.807) is 0 Å². The van der Waals surface area contributed by atoms with Crippen molar-refractivity contribution in [3.63, 3.8) is 0 Å². The molecule has 0 saturated carbocycles. The Kier molecular flexibility index (Phi) is 5.82. The van der Waals surface area contributed by atoms with Gasteiger partial charge in [0.25, 0.3) is 30.4 Å². The summed E-state index contributed by atoms with van der Waals surface area (Å²) < 4.78 is 97.6. The van der Waals surface area contributed by atoms with Crippen LogP contribution < -0.4 is 5.73 Å². The normalized spacial score (nSPS) is 13.1. The van der Waals surface area contributed by atoms with Crippen LogP contribution >= 0.6 is 0 Å². The van der Waals surface area contributed by atoms with Gasteiger partial charge in [-0.1, -0.05) is 0 Å². The Morgan fingerprint density at radius 2 is 1.33 bits per heavy atom. The van der Waals surface area contributed by atoms with Crippen LogP contribution in [0.4, 0.5) is 17.1 Å². The van der Waals surface area contributed by atoms with Gasteiger partial charge in [0, 0.05) is 11.8 Å². The first-order chi connectivity index (χ1) is 15.0. The molecule has 3 aromatic rings. The zero-order chi connectivity index (χ0) is 24.9. The van der Waals surface area contributed by atoms with Crippen LogP contribution in [-0.4, -0.2) is 49.1 Å². The van der Waals surface area contributed by atoms with Crippen LogP contribution in [0.5, 0.6) is 11.5 Å². The van der Waals surface area contributed by atoms with E-state index in [9.17, 15) is 44.6 Å². The number of nitrogen functional groups attached to an aromatic ring is 1. The highest BCUT2D eigenvalue weighted by Gasteiger charge is 2.25. The van der Waals surface area contributed by atoms with E-state index in [1.807, 2.05) is 0 Å². The molecule has 0 amide bonds. The highest BCUT2D eigenvalue weighted by molar-refractivity contribution is 7.86. The van der Waals surface area contributed by atoms with Crippen molar-refractivity contribution in [3.05, 3.63) is 36.4 Å². The summed E-state index contributed by atoms with van der Waals surface area (Å²) in [5.74, 6) is -2.01. The number of nitrogens with zero attached hydrogens (tertiary/aromatic N) is 2. The molecule has 3 rings (SSSR count). The van der Waals surface area contributed by atoms with Gasteiger partial charge in [0.15, 0.2) is 5.75 Å². The van der Waals surface area contributed by atoms with Gasteiger partial charge in [0.1, 0.15) is 26.9 Å². The van der Waals surface area contributed by atoms with Gasteiger partial charge in [-0.2, -0.15) is 25.3 Å². The standard InChI is InChI=1S/C16H13N3O11S3/c17-8-1-2-10(12(5-8)32(25,26)27)18-19-15-13(33(28,29)30)4-7-3-9(31(22,23)24)6-11(20)14(7)16(15)21/h1-6,20-21H,17H2,(H,22,23,24)(H,25,26,27)(H,28,29,30)/b19-18+. The van der Waals surface area contributed by atoms with E-state index >= 15 is 0 Å². The molecule has 0 bridgehead atoms. The van der Waals surface area contributed by atoms with E-state index in [2.05, 4.69) is 10.2 Å². The third-order valence-corrected chi connectivity index (χ3v) is 6.78. The van der Waals surface area contributed by atoms with Crippen LogP contribution in [0.3, 0.4) is 0 Å². The first kappa shape index (κ1) is 24.3. The lowest BCUT2D eigenvalue weighted by Crippen LogP contribution is -2.01. The summed E-state index contributed by atoms with van der Waals surface area (Å²) in [4.78, 5) is -2.75. The molecule has 33 heavy (non-hydrogen) atoms. The lowest BCUT2D eigenvalue weighted by molar-refractivity contribution is 0.457. The van der Waals surface area contributed by atoms with Gasteiger partial charge in [-0.25, -0.2) is 0 Å². The number of azo groups is 1. The fourth-order valence-electron chi connectivity index (χ4n) is 2.80. The maximum atomic E-state index is 11.9. The van der Waals surface area contributed by atoms with E-state index in [-0.39, 0.29) is 5.69 Å². The van der Waals surface area contributed by atoms with E-state index in [0.29, 0.717) is 18.2 Å². The Morgan fingerprint density at radius 3 is 1.88 bits per heavy atom. The smallest absolute Gasteiger partial charge is 0.296 e. The van der Waals surface area contributed by atoms with Gasteiger partial charge < -0.3 is 15.9 Å². The summed E-state index contributed by atoms with van der Waals surface area (Å²) in [6.07, 6.45) is 0. The summed E-state index contributed by atoms with van der Waals surface area (Å²) in [6.45, 7) is 0. The van der Waals surface area contributed by atoms with Crippen molar-refractivity contribution in [1.82, 2.24) is 0 Å². The number of benzene rings is 3. The molecule has 0 unspecified atom stereocenters. The molecule has 17 heteroatoms. The third-order valence-electron chi connectivity index (χ3n) is 4.20. The quantitative estimate of drug-likeness (QED) is 0.161. The molecule has 14 nitrogen and oxygen atoms in total. The van der Waals surface area contributed by atoms with Gasteiger partial charge in [0.05, 0.1) is 10.3 Å². The molecule has 0 aliphatic carbocycles. The van der Waals surface area contributed by atoms with Crippen molar-refractivity contribution >= 4 is 58.2 Å². The van der Waals surface area contributed by atoms with Crippen LogP contribution in [0, 0.1) is 0 Å². The van der Waals surface area contributed by atoms with Crippen LogP contribution in [0.25, 0.3) is 10.8 Å². The summed E-state index contributed by atoms with van der Waals surface area (Å²) in [5, 5.41) is 26.6. The Morgan fingerprint density at radius 1 is 0.727 bits per heavy atom. The van der Waals surface area contributed by atoms with Crippen LogP contribution in [0.15, 0.2) is 61.3 Å². The summed E-state index contributed by atoms with van der Waals surface area (Å²) in [6, 6.07) is 4.90. The topological polar surface area (TPSA) is 254 Å². The Bertz CT molecular complexity index is 1660. The second kappa shape index (κ2) is 7.90. The van der Waals surface area contributed by atoms with Crippen molar-refractivity contribution in [1.29, 1.82) is 0 Å². The molecule has 0 heterocycles. The number of hydrogen-bond acceptors (Lipinski definition) is 11. The molecule has 0 aliphatic heterocycles. The molecule has 0 saturated heterocycles. The van der Waals surface area contributed by atoms with E-state index in [1.165, 1.54) is 6.07 Å². The molecule has 7 N–H and O–H groups in total. The number of fused-ring (bicyclic) bond motifs is 1. The van der Waals surface area contributed by atoms with E-state index in [4.69, 9.17) is 10.3 Å². The van der Waals surface area contributed by atoms with Gasteiger partial charge in [-0.3, -0.25) is 13.7 Å². The average Bonchev–Trinajstić information content (AvgIpc) is 2.65. The minimum atomic E-state index is -5.15. The molecule has 176 valence electrons. The zero-order valence-electron chi connectivity index (χ0n) is 15.8. The molecular formula is C16H13N3O11S3. The van der Waals surface area contributed by atoms with Gasteiger partial charge in [-0.05, 0) is 35.7 Å². The van der Waals surface area contributed by atoms with Crippen molar-refractivity contribution in [2.45, 2.75) is 14.7 Å². The SMILES string of the molecule is Nc1ccc(/N=N/c2c(S(=O)(=O)O)cc3cc(S(=O)(=O)O)cc(O)c3c2O)c(S(=O)(=O)O)c1. The Labute approximate surface area is 185 Å². The molecule has 0 radical (unpaired) electrons. The fraction of sp³-hybridized carbons (Fsp3) is 0. The minimum absolute atomic E-state index is 0.0756. The number of phenolic OH excluding ortho intramolecular Hbond substituents is 2. The maximum Gasteiger partial charge on any atom is 0.296 e. The number of hydrogen-bond donors (Lipinski definition) is 6. The third kappa shape index (κ3) is 4.87. The number of rotatable bonds is 5. The zero-order valence-corrected chi connectivity index (χ0v) is 18.3. The summed E-state index contributed by atoms with van der Waals surface area (Å²) in [7, 11) is -14.8. The number of aromatic hydroxyl groups is 2. The second-order valence-electron chi connectivity index (χ2n) is 6.46. The molecule has 0 spiro atoms. The lowest BCUT2D eigenvalue weighted by atomic mass is 10.1. The van der Waals surface area contributed by atoms with Gasteiger partial charge in [-0.15, -0.1) is 10.2 Å². The molecule has 0 aromatic heterocycles. The minimum Gasteiger partial charge on any atom is -0.507 e. The first-order valence-corrected chi connectivity index (χ1v) is 12.6. The Balaban J connectivity index is 2.37. The molecular weight excluding hydrogens is 506 g/mol. The summed E-state index contributed by atoms with van der Waals surface area (Å²) >= 11 is 0. The molecule has 0 aliphatic rings. The fourth-order valence-corrected chi connectivity index (χ4v) is 4.66. The molecule has 3 aromatic carbocycles. The average molecular weight is 519 g/mol. The number of anilines is 1. The van der Waals surface area contributed by atoms with Gasteiger partial charge in [0.2, 0.25) is 0 Å². The number of phenols is 2. The predicted octanol–water partition coefficient (Wildman–Crippen LogP) is 1.99. The van der Waals surface area contributed by atoms with Crippen molar-refractivity contribution in [2.75, 3.05) is 5.73 Å². The largest absolute Gasteiger partial charge is 0.507 e. The van der Waals surface area contributed by atoms with Crippen LogP contribution in [-0.2, 0) is 30.4 Å². The highest BCUT2D eigenvalue weighted by Crippen LogP contribution is 2.45. The van der Waals surface area contributed by atoms with Gasteiger partial charge >= 0.3 is 0 Å². The molecule has 0 atom stereocenters. The highest BCUT2D eigenvalue weighted by atomic mass is 32.2. The Hall–Kier alpha value is -3.35. The predicted molar refractivity (Wildman–Crippen MR) is 112 cm³/mol. The maximum absolute atomic E-state index is 11.9. The second-order valence-corrected chi connectivity index (χ2v) is 10.7. The van der Waals surface area contributed by atoms with Crippen LogP contribution in [0.1, 0.15) is 0 Å². The van der Waals surface area contributed by atoms with Crippen molar-refractivity contribution < 1.29 is 49.1 Å². The van der Waals surface area contributed by atoms with E-state index < -0.39 is 78.7 Å².